The summed E-state index contributed by atoms with van der Waals surface area (Å²) < 4.78 is 5.27. The van der Waals surface area contributed by atoms with Crippen LogP contribution in [0.4, 0.5) is 0 Å². The molecule has 0 bridgehead atoms. The number of hydrogen-bond donors (Lipinski definition) is 1. The highest BCUT2D eigenvalue weighted by molar-refractivity contribution is 5.94. The van der Waals surface area contributed by atoms with E-state index >= 15 is 0 Å². The van der Waals surface area contributed by atoms with Crippen molar-refractivity contribution in [2.75, 3.05) is 0 Å². The number of rotatable bonds is 6. The zero-order chi connectivity index (χ0) is 25.4. The predicted molar refractivity (Wildman–Crippen MR) is 138 cm³/mol. The Bertz CT molecular complexity index is 1500. The zero-order valence-corrected chi connectivity index (χ0v) is 21.0. The van der Waals surface area contributed by atoms with Gasteiger partial charge in [-0.2, -0.15) is 15.3 Å². The van der Waals surface area contributed by atoms with E-state index in [1.54, 1.807) is 20.2 Å². The number of amides is 1. The van der Waals surface area contributed by atoms with Gasteiger partial charge in [0.25, 0.3) is 5.91 Å². The van der Waals surface area contributed by atoms with Crippen LogP contribution in [0.2, 0.25) is 0 Å². The van der Waals surface area contributed by atoms with E-state index < -0.39 is 0 Å². The molecule has 182 valence electrons. The average molecular weight is 481 g/mol. The number of aromatic nitrogens is 7. The molecule has 1 aromatic carbocycles. The summed E-state index contributed by atoms with van der Waals surface area (Å²) in [6.07, 6.45) is 11.3. The van der Waals surface area contributed by atoms with Crippen molar-refractivity contribution in [3.05, 3.63) is 84.3 Å². The van der Waals surface area contributed by atoms with Crippen LogP contribution < -0.4 is 5.32 Å². The van der Waals surface area contributed by atoms with Gasteiger partial charge in [0, 0.05) is 56.4 Å². The van der Waals surface area contributed by atoms with Gasteiger partial charge >= 0.3 is 0 Å². The predicted octanol–water partition coefficient (Wildman–Crippen LogP) is 4.08. The van der Waals surface area contributed by atoms with Crippen molar-refractivity contribution in [2.45, 2.75) is 19.9 Å². The Labute approximate surface area is 209 Å². The van der Waals surface area contributed by atoms with Crippen LogP contribution in [0.15, 0.2) is 67.5 Å². The fraction of sp³-hybridized carbons (Fsp3) is 0.222. The van der Waals surface area contributed by atoms with Crippen molar-refractivity contribution < 1.29 is 4.79 Å². The Hall–Kier alpha value is -4.53. The van der Waals surface area contributed by atoms with Crippen LogP contribution in [0, 0.1) is 6.92 Å². The van der Waals surface area contributed by atoms with E-state index in [1.807, 2.05) is 78.1 Å². The normalized spacial score (nSPS) is 12.0. The largest absolute Gasteiger partial charge is 0.344 e. The first-order chi connectivity index (χ1) is 17.3. The molecule has 9 heteroatoms. The molecule has 1 N–H and O–H groups in total. The summed E-state index contributed by atoms with van der Waals surface area (Å²) >= 11 is 0. The maximum absolute atomic E-state index is 13.3. The molecule has 4 aromatic heterocycles. The molecule has 0 aliphatic rings. The molecule has 0 saturated carbocycles. The summed E-state index contributed by atoms with van der Waals surface area (Å²) in [5.41, 5.74) is 7.82. The monoisotopic (exact) mass is 480 g/mol. The molecular weight excluding hydrogens is 452 g/mol. The number of carbonyl (C=O) groups excluding carboxylic acids is 1. The van der Waals surface area contributed by atoms with E-state index in [2.05, 4.69) is 43.8 Å². The molecule has 36 heavy (non-hydrogen) atoms. The van der Waals surface area contributed by atoms with Gasteiger partial charge in [0.1, 0.15) is 5.69 Å². The molecule has 0 spiro atoms. The molecule has 0 aliphatic carbocycles. The number of aryl methyl sites for hydroxylation is 4. The lowest BCUT2D eigenvalue weighted by molar-refractivity contribution is 0.0934. The van der Waals surface area contributed by atoms with Gasteiger partial charge in [-0.05, 0) is 60.4 Å². The first kappa shape index (κ1) is 23.2. The molecular formula is C27H28N8O. The summed E-state index contributed by atoms with van der Waals surface area (Å²) in [6, 6.07) is 9.87. The first-order valence-corrected chi connectivity index (χ1v) is 11.7. The van der Waals surface area contributed by atoms with Crippen molar-refractivity contribution in [2.24, 2.45) is 21.1 Å². The number of pyridine rings is 1. The minimum Gasteiger partial charge on any atom is -0.344 e. The topological polar surface area (TPSA) is 95.4 Å². The number of nitrogens with zero attached hydrogens (tertiary/aromatic N) is 7. The van der Waals surface area contributed by atoms with Crippen LogP contribution >= 0.6 is 0 Å². The van der Waals surface area contributed by atoms with Crippen LogP contribution in [0.1, 0.15) is 34.6 Å². The summed E-state index contributed by atoms with van der Waals surface area (Å²) in [4.78, 5) is 18.0. The first-order valence-electron chi connectivity index (χ1n) is 11.7. The third-order valence-electron chi connectivity index (χ3n) is 6.19. The van der Waals surface area contributed by atoms with E-state index in [0.29, 0.717) is 11.4 Å². The van der Waals surface area contributed by atoms with Crippen LogP contribution in [-0.2, 0) is 21.1 Å². The second-order valence-electron chi connectivity index (χ2n) is 9.11. The molecule has 5 rings (SSSR count). The lowest BCUT2D eigenvalue weighted by atomic mass is 9.96. The fourth-order valence-corrected chi connectivity index (χ4v) is 4.20. The number of hydrogen-bond acceptors (Lipinski definition) is 5. The lowest BCUT2D eigenvalue weighted by Gasteiger charge is -2.17. The Kier molecular flexibility index (Phi) is 5.97. The standard InChI is InChI=1S/C27H28N8O/c1-17-6-7-25(24-13-30-35(5)16-24)32-26(17)27(36)31-18(2)19-8-20(22-11-28-33(3)14-22)10-21(9-19)23-12-29-34(4)15-23/h6-16,18H,1-5H3,(H,31,36)/t18-/m1/s1. The third kappa shape index (κ3) is 4.68. The van der Waals surface area contributed by atoms with Crippen LogP contribution in [0.5, 0.6) is 0 Å². The average Bonchev–Trinajstić information content (AvgIpc) is 3.60. The van der Waals surface area contributed by atoms with Gasteiger partial charge < -0.3 is 5.32 Å². The molecule has 5 aromatic rings. The second kappa shape index (κ2) is 9.26. The molecule has 1 amide bonds. The van der Waals surface area contributed by atoms with Gasteiger partial charge in [-0.15, -0.1) is 0 Å². The molecule has 0 aliphatic heterocycles. The fourth-order valence-electron chi connectivity index (χ4n) is 4.20. The highest BCUT2D eigenvalue weighted by atomic mass is 16.1. The van der Waals surface area contributed by atoms with Gasteiger partial charge in [0.05, 0.1) is 30.3 Å². The van der Waals surface area contributed by atoms with Gasteiger partial charge in [-0.1, -0.05) is 6.07 Å². The van der Waals surface area contributed by atoms with Gasteiger partial charge in [-0.25, -0.2) is 4.98 Å². The van der Waals surface area contributed by atoms with Crippen molar-refractivity contribution in [1.29, 1.82) is 0 Å². The van der Waals surface area contributed by atoms with E-state index in [9.17, 15) is 4.79 Å². The second-order valence-corrected chi connectivity index (χ2v) is 9.11. The summed E-state index contributed by atoms with van der Waals surface area (Å²) in [6.45, 7) is 3.87. The minimum atomic E-state index is -0.257. The molecule has 4 heterocycles. The van der Waals surface area contributed by atoms with E-state index in [4.69, 9.17) is 0 Å². The smallest absolute Gasteiger partial charge is 0.270 e. The zero-order valence-electron chi connectivity index (χ0n) is 21.0. The van der Waals surface area contributed by atoms with Crippen molar-refractivity contribution in [3.63, 3.8) is 0 Å². The maximum Gasteiger partial charge on any atom is 0.270 e. The Morgan fingerprint density at radius 1 is 0.778 bits per heavy atom. The van der Waals surface area contributed by atoms with Crippen LogP contribution in [0.3, 0.4) is 0 Å². The van der Waals surface area contributed by atoms with Crippen LogP contribution in [-0.4, -0.2) is 40.2 Å². The molecule has 0 unspecified atom stereocenters. The minimum absolute atomic E-state index is 0.222. The molecule has 9 nitrogen and oxygen atoms in total. The summed E-state index contributed by atoms with van der Waals surface area (Å²) in [5.74, 6) is -0.222. The highest BCUT2D eigenvalue weighted by Gasteiger charge is 2.18. The van der Waals surface area contributed by atoms with E-state index in [-0.39, 0.29) is 11.9 Å². The van der Waals surface area contributed by atoms with Crippen molar-refractivity contribution >= 4 is 5.91 Å². The summed E-state index contributed by atoms with van der Waals surface area (Å²) in [5, 5.41) is 16.0. The quantitative estimate of drug-likeness (QED) is 0.395. The van der Waals surface area contributed by atoms with Gasteiger partial charge in [0.15, 0.2) is 0 Å². The molecule has 0 saturated heterocycles. The third-order valence-corrected chi connectivity index (χ3v) is 6.19. The number of benzene rings is 1. The molecule has 0 radical (unpaired) electrons. The number of nitrogens with one attached hydrogen (secondary N) is 1. The van der Waals surface area contributed by atoms with Crippen molar-refractivity contribution in [1.82, 2.24) is 39.6 Å². The van der Waals surface area contributed by atoms with E-state index in [0.717, 1.165) is 38.9 Å². The van der Waals surface area contributed by atoms with E-state index in [1.165, 1.54) is 0 Å². The van der Waals surface area contributed by atoms with Crippen LogP contribution in [0.25, 0.3) is 33.5 Å². The SMILES string of the molecule is Cc1ccc(-c2cnn(C)c2)nc1C(=O)N[C@H](C)c1cc(-c2cnn(C)c2)cc(-c2cnn(C)c2)c1. The number of carbonyl (C=O) groups is 1. The Morgan fingerprint density at radius 2 is 1.31 bits per heavy atom. The Balaban J connectivity index is 1.47. The van der Waals surface area contributed by atoms with Gasteiger partial charge in [-0.3, -0.25) is 18.8 Å². The molecule has 1 atom stereocenters. The van der Waals surface area contributed by atoms with Crippen molar-refractivity contribution in [3.8, 4) is 33.5 Å². The Morgan fingerprint density at radius 3 is 1.81 bits per heavy atom. The van der Waals surface area contributed by atoms with Gasteiger partial charge in [0.2, 0.25) is 0 Å². The highest BCUT2D eigenvalue weighted by Crippen LogP contribution is 2.30. The summed E-state index contributed by atoms with van der Waals surface area (Å²) in [7, 11) is 5.65. The maximum atomic E-state index is 13.3. The molecule has 0 fully saturated rings. The lowest BCUT2D eigenvalue weighted by Crippen LogP contribution is -2.28.